The van der Waals surface area contributed by atoms with Crippen molar-refractivity contribution in [2.24, 2.45) is 0 Å². The van der Waals surface area contributed by atoms with Gasteiger partial charge in [0, 0.05) is 19.4 Å². The molecule has 0 unspecified atom stereocenters. The molecule has 5 nitrogen and oxygen atoms in total. The Kier molecular flexibility index (Phi) is 3.59. The van der Waals surface area contributed by atoms with E-state index in [2.05, 4.69) is 5.32 Å². The van der Waals surface area contributed by atoms with Crippen LogP contribution < -0.4 is 5.32 Å². The minimum absolute atomic E-state index is 0.0388. The van der Waals surface area contributed by atoms with Crippen LogP contribution in [0.15, 0.2) is 24.3 Å². The first kappa shape index (κ1) is 15.8. The molecule has 0 atom stereocenters. The van der Waals surface area contributed by atoms with Crippen LogP contribution in [-0.4, -0.2) is 40.0 Å². The van der Waals surface area contributed by atoms with E-state index in [9.17, 15) is 27.9 Å². The van der Waals surface area contributed by atoms with Crippen molar-refractivity contribution in [1.29, 1.82) is 0 Å². The van der Waals surface area contributed by atoms with Crippen molar-refractivity contribution in [2.75, 3.05) is 6.54 Å². The molecule has 2 fully saturated rings. The van der Waals surface area contributed by atoms with Crippen LogP contribution in [0.1, 0.15) is 24.0 Å². The van der Waals surface area contributed by atoms with Gasteiger partial charge in [0.25, 0.3) is 0 Å². The number of carbonyl (C=O) groups excluding carboxylic acids is 2. The third-order valence-electron chi connectivity index (χ3n) is 4.41. The van der Waals surface area contributed by atoms with Gasteiger partial charge >= 0.3 is 6.18 Å². The maximum absolute atomic E-state index is 12.6. The van der Waals surface area contributed by atoms with Crippen molar-refractivity contribution in [3.8, 4) is 0 Å². The minimum Gasteiger partial charge on any atom is -0.393 e. The molecule has 2 aliphatic rings. The summed E-state index contributed by atoms with van der Waals surface area (Å²) in [5.74, 6) is -0.634. The van der Waals surface area contributed by atoms with Crippen LogP contribution in [0, 0.1) is 0 Å². The van der Waals surface area contributed by atoms with Crippen LogP contribution in [0.25, 0.3) is 0 Å². The molecule has 0 bridgehead atoms. The Labute approximate surface area is 130 Å². The molecule has 124 valence electrons. The second-order valence-electron chi connectivity index (χ2n) is 5.95. The summed E-state index contributed by atoms with van der Waals surface area (Å²) in [4.78, 5) is 25.6. The number of benzene rings is 1. The first-order valence-electron chi connectivity index (χ1n) is 7.15. The molecule has 3 rings (SSSR count). The lowest BCUT2D eigenvalue weighted by atomic mass is 9.71. The number of aliphatic hydroxyl groups is 1. The Morgan fingerprint density at radius 1 is 1.22 bits per heavy atom. The number of hydrogen-bond acceptors (Lipinski definition) is 3. The van der Waals surface area contributed by atoms with E-state index in [0.29, 0.717) is 5.56 Å². The first-order valence-corrected chi connectivity index (χ1v) is 7.15. The van der Waals surface area contributed by atoms with Crippen molar-refractivity contribution in [1.82, 2.24) is 10.2 Å². The standard InChI is InChI=1S/C15H15F3N2O3/c16-15(17,18)10-3-1-9(2-4-10)8-20-12(22)7-19-13(23)14(20)5-11(21)6-14/h1-4,11,21H,5-8H2,(H,19,23)/t11-,14-. The van der Waals surface area contributed by atoms with Gasteiger partial charge in [-0.05, 0) is 17.7 Å². The molecule has 0 radical (unpaired) electrons. The molecule has 1 aromatic rings. The van der Waals surface area contributed by atoms with Gasteiger partial charge in [-0.3, -0.25) is 9.59 Å². The highest BCUT2D eigenvalue weighted by atomic mass is 19.4. The number of piperazine rings is 1. The van der Waals surface area contributed by atoms with E-state index < -0.39 is 23.4 Å². The molecule has 2 N–H and O–H groups in total. The van der Waals surface area contributed by atoms with E-state index in [0.717, 1.165) is 12.1 Å². The summed E-state index contributed by atoms with van der Waals surface area (Å²) in [6.07, 6.45) is -4.78. The third-order valence-corrected chi connectivity index (χ3v) is 4.41. The molecule has 1 saturated carbocycles. The summed E-state index contributed by atoms with van der Waals surface area (Å²) >= 11 is 0. The fraction of sp³-hybridized carbons (Fsp3) is 0.467. The van der Waals surface area contributed by atoms with Gasteiger partial charge in [-0.2, -0.15) is 13.2 Å². The maximum Gasteiger partial charge on any atom is 0.416 e. The number of rotatable bonds is 2. The number of nitrogens with one attached hydrogen (secondary N) is 1. The first-order chi connectivity index (χ1) is 10.7. The molecule has 1 aliphatic heterocycles. The molecule has 1 aromatic carbocycles. The topological polar surface area (TPSA) is 69.6 Å². The summed E-state index contributed by atoms with van der Waals surface area (Å²) in [5, 5.41) is 12.0. The minimum atomic E-state index is -4.42. The number of alkyl halides is 3. The summed E-state index contributed by atoms with van der Waals surface area (Å²) < 4.78 is 37.7. The van der Waals surface area contributed by atoms with Gasteiger partial charge in [-0.15, -0.1) is 0 Å². The van der Waals surface area contributed by atoms with Gasteiger partial charge in [0.1, 0.15) is 5.54 Å². The fourth-order valence-corrected chi connectivity index (χ4v) is 3.12. The summed E-state index contributed by atoms with van der Waals surface area (Å²) in [5.41, 5.74) is -1.35. The van der Waals surface area contributed by atoms with Gasteiger partial charge in [0.05, 0.1) is 18.2 Å². The van der Waals surface area contributed by atoms with Crippen molar-refractivity contribution >= 4 is 11.8 Å². The van der Waals surface area contributed by atoms with E-state index in [1.54, 1.807) is 0 Å². The normalized spacial score (nSPS) is 27.8. The van der Waals surface area contributed by atoms with Crippen LogP contribution >= 0.6 is 0 Å². The smallest absolute Gasteiger partial charge is 0.393 e. The average molecular weight is 328 g/mol. The lowest BCUT2D eigenvalue weighted by Crippen LogP contribution is -2.72. The molecule has 1 spiro atoms. The Balaban J connectivity index is 1.82. The van der Waals surface area contributed by atoms with E-state index in [1.165, 1.54) is 17.0 Å². The van der Waals surface area contributed by atoms with Crippen molar-refractivity contribution < 1.29 is 27.9 Å². The molecule has 1 aliphatic carbocycles. The van der Waals surface area contributed by atoms with Gasteiger partial charge in [0.2, 0.25) is 11.8 Å². The zero-order valence-corrected chi connectivity index (χ0v) is 12.1. The second-order valence-corrected chi connectivity index (χ2v) is 5.95. The van der Waals surface area contributed by atoms with Gasteiger partial charge in [0.15, 0.2) is 0 Å². The SMILES string of the molecule is O=C1CNC(=O)[C@]2(C[C@@H](O)C2)N1Cc1ccc(C(F)(F)F)cc1. The van der Waals surface area contributed by atoms with Gasteiger partial charge in [-0.1, -0.05) is 12.1 Å². The molecule has 1 heterocycles. The highest BCUT2D eigenvalue weighted by Crippen LogP contribution is 2.41. The quantitative estimate of drug-likeness (QED) is 0.853. The third kappa shape index (κ3) is 2.67. The molecular weight excluding hydrogens is 313 g/mol. The largest absolute Gasteiger partial charge is 0.416 e. The monoisotopic (exact) mass is 328 g/mol. The molecule has 1 saturated heterocycles. The highest BCUT2D eigenvalue weighted by molar-refractivity contribution is 5.98. The number of halogens is 3. The van der Waals surface area contributed by atoms with Gasteiger partial charge < -0.3 is 15.3 Å². The van der Waals surface area contributed by atoms with E-state index in [-0.39, 0.29) is 37.7 Å². The Hall–Kier alpha value is -2.09. The number of carbonyl (C=O) groups is 2. The van der Waals surface area contributed by atoms with Crippen LogP contribution in [-0.2, 0) is 22.3 Å². The molecule has 8 heteroatoms. The number of nitrogens with zero attached hydrogens (tertiary/aromatic N) is 1. The lowest BCUT2D eigenvalue weighted by Gasteiger charge is -2.53. The molecule has 0 aromatic heterocycles. The fourth-order valence-electron chi connectivity index (χ4n) is 3.12. The van der Waals surface area contributed by atoms with E-state index in [4.69, 9.17) is 0 Å². The Morgan fingerprint density at radius 3 is 2.35 bits per heavy atom. The number of amides is 2. The zero-order chi connectivity index (χ0) is 16.8. The predicted octanol–water partition coefficient (Wildman–Crippen LogP) is 1.06. The lowest BCUT2D eigenvalue weighted by molar-refractivity contribution is -0.170. The van der Waals surface area contributed by atoms with Crippen LogP contribution in [0.2, 0.25) is 0 Å². The molecular formula is C15H15F3N2O3. The van der Waals surface area contributed by atoms with Crippen molar-refractivity contribution in [3.63, 3.8) is 0 Å². The predicted molar refractivity (Wildman–Crippen MR) is 73.0 cm³/mol. The number of hydrogen-bond donors (Lipinski definition) is 2. The maximum atomic E-state index is 12.6. The van der Waals surface area contributed by atoms with Gasteiger partial charge in [-0.25, -0.2) is 0 Å². The summed E-state index contributed by atoms with van der Waals surface area (Å²) in [6, 6.07) is 4.50. The van der Waals surface area contributed by atoms with E-state index >= 15 is 0 Å². The molecule has 2 amide bonds. The molecule has 23 heavy (non-hydrogen) atoms. The van der Waals surface area contributed by atoms with Crippen molar-refractivity contribution in [3.05, 3.63) is 35.4 Å². The summed E-state index contributed by atoms with van der Waals surface area (Å²) in [6.45, 7) is -0.103. The summed E-state index contributed by atoms with van der Waals surface area (Å²) in [7, 11) is 0. The van der Waals surface area contributed by atoms with Crippen LogP contribution in [0.4, 0.5) is 13.2 Å². The Bertz CT molecular complexity index is 636. The van der Waals surface area contributed by atoms with Crippen LogP contribution in [0.3, 0.4) is 0 Å². The van der Waals surface area contributed by atoms with Crippen LogP contribution in [0.5, 0.6) is 0 Å². The average Bonchev–Trinajstić information content (AvgIpc) is 2.45. The second kappa shape index (κ2) is 5.23. The van der Waals surface area contributed by atoms with E-state index in [1.807, 2.05) is 0 Å². The van der Waals surface area contributed by atoms with Crippen molar-refractivity contribution in [2.45, 2.75) is 37.2 Å². The highest BCUT2D eigenvalue weighted by Gasteiger charge is 2.57. The Morgan fingerprint density at radius 2 is 1.83 bits per heavy atom. The zero-order valence-electron chi connectivity index (χ0n) is 12.1. The number of aliphatic hydroxyl groups excluding tert-OH is 1.